The summed E-state index contributed by atoms with van der Waals surface area (Å²) < 4.78 is 36.9. The predicted molar refractivity (Wildman–Crippen MR) is 455 cm³/mol. The predicted octanol–water partition coefficient (Wildman–Crippen LogP) is 23.7. The molecule has 6 aliphatic heterocycles. The zero-order chi connectivity index (χ0) is 75.1. The highest BCUT2D eigenvalue weighted by Gasteiger charge is 2.22. The highest BCUT2D eigenvalue weighted by atomic mass is 32.2. The molecule has 0 fully saturated rings. The van der Waals surface area contributed by atoms with Crippen LogP contribution in [0.3, 0.4) is 0 Å². The van der Waals surface area contributed by atoms with Gasteiger partial charge in [-0.25, -0.2) is 12.7 Å². The van der Waals surface area contributed by atoms with Gasteiger partial charge in [0.05, 0.1) is 4.90 Å². The molecule has 0 saturated heterocycles. The number of benzene rings is 8. The first kappa shape index (κ1) is 74.5. The van der Waals surface area contributed by atoms with Gasteiger partial charge in [0.15, 0.2) is 11.5 Å². The molecule has 107 heavy (non-hydrogen) atoms. The molecule has 0 radical (unpaired) electrons. The maximum atomic E-state index is 12.4. The number of hydrogen-bond acceptors (Lipinski definition) is 11. The Morgan fingerprint density at radius 3 is 1.22 bits per heavy atom. The lowest BCUT2D eigenvalue weighted by molar-refractivity contribution is 0.174. The maximum Gasteiger partial charge on any atom is 0.242 e. The van der Waals surface area contributed by atoms with Crippen molar-refractivity contribution in [1.29, 1.82) is 0 Å². The van der Waals surface area contributed by atoms with E-state index in [4.69, 9.17) is 9.47 Å². The average molecular weight is 1460 g/mol. The molecular weight excluding hydrogens is 1370 g/mol. The molecule has 16 rings (SSSR count). The Morgan fingerprint density at radius 2 is 0.766 bits per heavy atom. The van der Waals surface area contributed by atoms with Gasteiger partial charge >= 0.3 is 0 Å². The molecule has 10 aromatic rings. The lowest BCUT2D eigenvalue weighted by atomic mass is 10.0. The van der Waals surface area contributed by atoms with Crippen molar-refractivity contribution in [2.24, 2.45) is 0 Å². The van der Waals surface area contributed by atoms with Gasteiger partial charge in [-0.15, -0.1) is 22.7 Å². The summed E-state index contributed by atoms with van der Waals surface area (Å²) >= 11 is 3.56. The molecule has 0 unspecified atom stereocenters. The fourth-order valence-corrected chi connectivity index (χ4v) is 14.9. The third kappa shape index (κ3) is 18.5. The van der Waals surface area contributed by atoms with Crippen LogP contribution >= 0.6 is 22.7 Å². The van der Waals surface area contributed by atoms with Crippen molar-refractivity contribution >= 4 is 89.0 Å². The van der Waals surface area contributed by atoms with Gasteiger partial charge in [0, 0.05) is 123 Å². The summed E-state index contributed by atoms with van der Waals surface area (Å²) in [5, 5.41) is 4.32. The van der Waals surface area contributed by atoms with Crippen LogP contribution in [0.2, 0.25) is 0 Å². The smallest absolute Gasteiger partial charge is 0.242 e. The number of nitrogens with zero attached hydrogens (tertiary/aromatic N) is 6. The summed E-state index contributed by atoms with van der Waals surface area (Å²) in [6.45, 7) is 31.4. The Balaban J connectivity index is 0.000000126. The minimum Gasteiger partial charge on any atom is -0.454 e. The summed E-state index contributed by atoms with van der Waals surface area (Å²) in [6, 6.07) is 73.4. The van der Waals surface area contributed by atoms with E-state index in [-0.39, 0.29) is 4.90 Å². The number of hydrogen-bond donors (Lipinski definition) is 0. The van der Waals surface area contributed by atoms with Crippen LogP contribution in [0.15, 0.2) is 387 Å². The Morgan fingerprint density at radius 1 is 0.355 bits per heavy atom. The van der Waals surface area contributed by atoms with Gasteiger partial charge in [-0.3, -0.25) is 0 Å². The molecule has 6 aliphatic rings. The van der Waals surface area contributed by atoms with E-state index in [1.54, 1.807) is 40.9 Å². The standard InChI is InChI=1S/C21H22N2O2S.C20H19N.C19H15NO2.2C17H15NS/c1-16-7-5-9-20(13-16)23-15-19(12-11-17(23)2)18-8-6-10-21(14-18)26(24,25)22(3)4;1-15-7-10-18(11-8-15)19-12-9-17(3)21(14-19)20-6-4-5-16(2)13-20;1-14-7-8-16(12-20(14)17-5-3-2-4-6-17)15-9-10-18-19(11-15)22-13-21-18;1-13-10-17(19-12-13)15-9-8-14(2)18(11-15)16-6-4-3-5-7-16;1-13-10-11-19-17(13)15-9-8-14(2)18(12-15)16-6-4-3-5-7-16/h5-15H,2H2,1,3-4H3;4-14H,3H2,1-2H3;2-12H,1,13H2;2*3-12H,2H2,1H3. The zero-order valence-electron chi connectivity index (χ0n) is 61.4. The summed E-state index contributed by atoms with van der Waals surface area (Å²) in [5.74, 6) is 1.59. The number of aryl methyl sites for hydroxylation is 5. The molecule has 13 heteroatoms. The molecule has 0 aliphatic carbocycles. The lowest BCUT2D eigenvalue weighted by Crippen LogP contribution is -2.22. The van der Waals surface area contributed by atoms with Gasteiger partial charge in [0.2, 0.25) is 16.8 Å². The fraction of sp³-hybridized carbons (Fsp3) is 0.0851. The first-order valence-corrected chi connectivity index (χ1v) is 38.2. The molecule has 10 nitrogen and oxygen atoms in total. The van der Waals surface area contributed by atoms with Gasteiger partial charge in [-0.2, -0.15) is 0 Å². The van der Waals surface area contributed by atoms with E-state index < -0.39 is 10.0 Å². The quantitative estimate of drug-likeness (QED) is 0.119. The zero-order valence-corrected chi connectivity index (χ0v) is 63.8. The van der Waals surface area contributed by atoms with Crippen LogP contribution in [-0.4, -0.2) is 33.6 Å². The van der Waals surface area contributed by atoms with E-state index in [1.165, 1.54) is 78.3 Å². The minimum atomic E-state index is -3.47. The molecule has 0 N–H and O–H groups in total. The van der Waals surface area contributed by atoms with Crippen molar-refractivity contribution in [1.82, 2.24) is 4.31 Å². The topological polar surface area (TPSA) is 72.0 Å². The first-order chi connectivity index (χ1) is 51.7. The van der Waals surface area contributed by atoms with Crippen LogP contribution in [0.1, 0.15) is 54.3 Å². The normalized spacial score (nSPS) is 14.9. The van der Waals surface area contributed by atoms with Crippen LogP contribution < -0.4 is 34.0 Å². The van der Waals surface area contributed by atoms with Gasteiger partial charge in [0.25, 0.3) is 0 Å². The molecule has 8 heterocycles. The Hall–Kier alpha value is -12.2. The average Bonchev–Trinajstić information content (AvgIpc) is 1.05. The van der Waals surface area contributed by atoms with E-state index in [9.17, 15) is 8.42 Å². The summed E-state index contributed by atoms with van der Waals surface area (Å²) in [4.78, 5) is 13.4. The number of allylic oxidation sites excluding steroid dienone is 15. The van der Waals surface area contributed by atoms with Crippen molar-refractivity contribution in [2.75, 3.05) is 45.4 Å². The van der Waals surface area contributed by atoms with Crippen LogP contribution in [0.5, 0.6) is 11.5 Å². The number of rotatable bonds is 12. The van der Waals surface area contributed by atoms with Gasteiger partial charge in [0.1, 0.15) is 0 Å². The third-order valence-electron chi connectivity index (χ3n) is 18.0. The number of sulfonamides is 1. The molecule has 8 aromatic carbocycles. The van der Waals surface area contributed by atoms with Gasteiger partial charge < -0.3 is 34.0 Å². The van der Waals surface area contributed by atoms with Crippen molar-refractivity contribution in [3.63, 3.8) is 0 Å². The van der Waals surface area contributed by atoms with Crippen molar-refractivity contribution in [3.8, 4) is 11.5 Å². The van der Waals surface area contributed by atoms with Crippen molar-refractivity contribution < 1.29 is 17.9 Å². The third-order valence-corrected chi connectivity index (χ3v) is 22.0. The van der Waals surface area contributed by atoms with Crippen LogP contribution in [0.25, 0.3) is 27.9 Å². The molecule has 0 saturated carbocycles. The minimum absolute atomic E-state index is 0.279. The van der Waals surface area contributed by atoms with Crippen LogP contribution in [0, 0.1) is 34.6 Å². The summed E-state index contributed by atoms with van der Waals surface area (Å²) in [7, 11) is -0.403. The monoisotopic (exact) mass is 1460 g/mol. The molecule has 0 amide bonds. The van der Waals surface area contributed by atoms with E-state index in [0.717, 1.165) is 90.7 Å². The van der Waals surface area contributed by atoms with Gasteiger partial charge in [-0.1, -0.05) is 190 Å². The first-order valence-electron chi connectivity index (χ1n) is 35.0. The van der Waals surface area contributed by atoms with E-state index in [1.807, 2.05) is 133 Å². The van der Waals surface area contributed by atoms with Crippen molar-refractivity contribution in [3.05, 3.63) is 437 Å². The largest absolute Gasteiger partial charge is 0.454 e. The molecule has 0 spiro atoms. The second-order valence-electron chi connectivity index (χ2n) is 26.3. The second-order valence-corrected chi connectivity index (χ2v) is 30.2. The molecule has 0 bridgehead atoms. The SMILES string of the molecule is C=C1C=CC(c2cc(C)cs2)=CN1c1ccccc1.C=C1C=CC(c2ccc(C)cc2)=CN1c1cccc(C)c1.C=C1C=CC(c2ccc3c(c2)OCO3)=CN1c1ccccc1.C=C1C=CC(c2cccc(S(=O)(=O)N(C)C)c2)=CN1c1cccc(C)c1.C=C1C=CC(c2sccc2C)=CN1c1ccccc1. The maximum absolute atomic E-state index is 12.4. The summed E-state index contributed by atoms with van der Waals surface area (Å²) in [6.07, 6.45) is 31.1. The van der Waals surface area contributed by atoms with E-state index in [2.05, 4.69) is 261 Å². The number of ether oxygens (including phenoxy) is 2. The highest BCUT2D eigenvalue weighted by Crippen LogP contribution is 2.39. The number of anilines is 5. The Labute approximate surface area is 639 Å². The molecule has 0 atom stereocenters. The number of thiophene rings is 2. The Bertz CT molecular complexity index is 5430. The lowest BCUT2D eigenvalue weighted by Gasteiger charge is -2.26. The summed E-state index contributed by atoms with van der Waals surface area (Å²) in [5.41, 5.74) is 25.5. The van der Waals surface area contributed by atoms with Crippen LogP contribution in [-0.2, 0) is 10.0 Å². The van der Waals surface area contributed by atoms with Crippen molar-refractivity contribution in [2.45, 2.75) is 39.5 Å². The molecular formula is C94H86N6O4S3. The van der Waals surface area contributed by atoms with Crippen LogP contribution in [0.4, 0.5) is 28.4 Å². The molecule has 2 aromatic heterocycles. The fourth-order valence-electron chi connectivity index (χ4n) is 12.1. The molecule has 534 valence electrons. The second kappa shape index (κ2) is 34.1. The van der Waals surface area contributed by atoms with E-state index >= 15 is 0 Å². The number of para-hydroxylation sites is 3. The Kier molecular flexibility index (Phi) is 23.8. The highest BCUT2D eigenvalue weighted by molar-refractivity contribution is 7.89. The van der Waals surface area contributed by atoms with Gasteiger partial charge in [-0.05, 0) is 228 Å². The number of fused-ring (bicyclic) bond motifs is 1. The van der Waals surface area contributed by atoms with E-state index in [0.29, 0.717) is 6.79 Å².